The molecule has 6 rings (SSSR count). The third-order valence-corrected chi connectivity index (χ3v) is 13.2. The third-order valence-electron chi connectivity index (χ3n) is 13.2. The Morgan fingerprint density at radius 3 is 1.90 bits per heavy atom. The molecule has 8 atom stereocenters. The number of allylic oxidation sites excluding steroid dienone is 3. The quantitative estimate of drug-likeness (QED) is 0.196. The lowest BCUT2D eigenvalue weighted by atomic mass is 9.36. The Morgan fingerprint density at radius 1 is 0.820 bits per heavy atom. The van der Waals surface area contributed by atoms with Crippen molar-refractivity contribution in [3.63, 3.8) is 0 Å². The zero-order valence-electron chi connectivity index (χ0n) is 33.6. The second kappa shape index (κ2) is 21.2. The van der Waals surface area contributed by atoms with Gasteiger partial charge in [0.05, 0.1) is 12.7 Å². The summed E-state index contributed by atoms with van der Waals surface area (Å²) in [5.74, 6) is 3.62. The number of aliphatic hydroxyl groups excluding tert-OH is 1. The topological polar surface area (TPSA) is 46.5 Å². The molecule has 4 unspecified atom stereocenters. The number of terminal acetylenes is 3. The standard InChI is InChI=1S/C34H48O3.C3H6.2C2H6.3C2H2/c1-31(2)25(22-8-10-23(11-9-22)30(36)37-5)14-18-33(4)28(31)16-19-32(3)26-15-20-34(21-35)17-6-7-27(34)24(26)12-13-29(32)33;1-3-2;5*1-2/h8-11,14,24,26-29,35H,6-7,12-13,15-21H2,1-5H3;3H,1H2,2H3;2*1-2H3;3*1-2H/t24-,26?,27?,28?,29?,32-,33-,34+;;;;;;/m0....../s1. The van der Waals surface area contributed by atoms with E-state index in [9.17, 15) is 9.90 Å². The molecule has 0 saturated heterocycles. The molecular weight excluding hydrogens is 613 g/mol. The van der Waals surface area contributed by atoms with Crippen molar-refractivity contribution in [3.05, 3.63) is 54.1 Å². The Morgan fingerprint density at radius 2 is 1.38 bits per heavy atom. The lowest BCUT2D eigenvalue weighted by Crippen LogP contribution is -2.61. The number of aliphatic hydroxyl groups is 1. The maximum atomic E-state index is 12.0. The number of carbonyl (C=O) groups excluding carboxylic acids is 1. The van der Waals surface area contributed by atoms with Crippen LogP contribution in [-0.2, 0) is 4.74 Å². The maximum Gasteiger partial charge on any atom is 0.337 e. The van der Waals surface area contributed by atoms with E-state index in [1.165, 1.54) is 76.0 Å². The van der Waals surface area contributed by atoms with Gasteiger partial charge >= 0.3 is 5.97 Å². The number of hydrogen-bond donors (Lipinski definition) is 1. The van der Waals surface area contributed by atoms with Crippen molar-refractivity contribution in [2.75, 3.05) is 13.7 Å². The summed E-state index contributed by atoms with van der Waals surface area (Å²) >= 11 is 0. The van der Waals surface area contributed by atoms with E-state index in [1.54, 1.807) is 6.08 Å². The molecule has 0 aliphatic heterocycles. The second-order valence-corrected chi connectivity index (χ2v) is 15.1. The molecule has 0 amide bonds. The van der Waals surface area contributed by atoms with Crippen LogP contribution in [0.2, 0.25) is 0 Å². The van der Waals surface area contributed by atoms with Crippen molar-refractivity contribution < 1.29 is 14.6 Å². The number of carbonyl (C=O) groups is 1. The Kier molecular flexibility index (Phi) is 19.9. The first kappa shape index (κ1) is 46.8. The van der Waals surface area contributed by atoms with Gasteiger partial charge < -0.3 is 9.84 Å². The highest BCUT2D eigenvalue weighted by molar-refractivity contribution is 5.89. The number of methoxy groups -OCH3 is 1. The third kappa shape index (κ3) is 8.63. The molecule has 5 aliphatic rings. The van der Waals surface area contributed by atoms with Crippen LogP contribution in [0.5, 0.6) is 0 Å². The van der Waals surface area contributed by atoms with E-state index in [4.69, 9.17) is 4.74 Å². The molecule has 0 aromatic heterocycles. The molecule has 4 fully saturated rings. The molecule has 3 heteroatoms. The first-order valence-electron chi connectivity index (χ1n) is 19.1. The molecule has 278 valence electrons. The minimum absolute atomic E-state index is 0.0992. The lowest BCUT2D eigenvalue weighted by molar-refractivity contribution is -0.181. The molecule has 5 aliphatic carbocycles. The van der Waals surface area contributed by atoms with Gasteiger partial charge in [0.2, 0.25) is 0 Å². The van der Waals surface area contributed by atoms with Crippen molar-refractivity contribution in [2.45, 2.75) is 127 Å². The summed E-state index contributed by atoms with van der Waals surface area (Å²) in [6, 6.07) is 8.09. The van der Waals surface area contributed by atoms with Gasteiger partial charge in [-0.25, -0.2) is 4.79 Å². The van der Waals surface area contributed by atoms with Crippen molar-refractivity contribution in [3.8, 4) is 38.5 Å². The van der Waals surface area contributed by atoms with Crippen LogP contribution in [0.25, 0.3) is 5.57 Å². The molecule has 0 heterocycles. The molecule has 1 aromatic rings. The van der Waals surface area contributed by atoms with Gasteiger partial charge in [0.25, 0.3) is 0 Å². The molecule has 1 aromatic carbocycles. The van der Waals surface area contributed by atoms with Gasteiger partial charge in [-0.3, -0.25) is 0 Å². The van der Waals surface area contributed by atoms with Gasteiger partial charge in [-0.2, -0.15) is 0 Å². The van der Waals surface area contributed by atoms with Gasteiger partial charge in [0.15, 0.2) is 0 Å². The predicted molar refractivity (Wildman–Crippen MR) is 217 cm³/mol. The second-order valence-electron chi connectivity index (χ2n) is 15.1. The highest BCUT2D eigenvalue weighted by Crippen LogP contribution is 2.73. The fourth-order valence-corrected chi connectivity index (χ4v) is 11.6. The smallest absolute Gasteiger partial charge is 0.337 e. The van der Waals surface area contributed by atoms with E-state index in [1.807, 2.05) is 46.8 Å². The molecule has 0 bridgehead atoms. The molecule has 0 spiro atoms. The summed E-state index contributed by atoms with van der Waals surface area (Å²) in [7, 11) is 1.44. The van der Waals surface area contributed by atoms with Crippen molar-refractivity contribution in [2.24, 2.45) is 51.2 Å². The molecular formula is C47H72O3. The fraction of sp³-hybridized carbons (Fsp3) is 0.638. The van der Waals surface area contributed by atoms with Crippen LogP contribution in [-0.4, -0.2) is 24.8 Å². The number of rotatable bonds is 3. The molecule has 4 saturated carbocycles. The van der Waals surface area contributed by atoms with E-state index in [0.717, 1.165) is 30.1 Å². The summed E-state index contributed by atoms with van der Waals surface area (Å²) < 4.78 is 4.91. The minimum atomic E-state index is -0.269. The fourth-order valence-electron chi connectivity index (χ4n) is 11.6. The van der Waals surface area contributed by atoms with E-state index < -0.39 is 0 Å². The van der Waals surface area contributed by atoms with Crippen LogP contribution >= 0.6 is 0 Å². The Hall–Kier alpha value is -3.19. The first-order valence-corrected chi connectivity index (χ1v) is 19.1. The molecule has 0 radical (unpaired) electrons. The van der Waals surface area contributed by atoms with Crippen LogP contribution in [0.3, 0.4) is 0 Å². The Balaban J connectivity index is 0.00000165. The van der Waals surface area contributed by atoms with Crippen molar-refractivity contribution in [1.82, 2.24) is 0 Å². The largest absolute Gasteiger partial charge is 0.465 e. The average molecular weight is 685 g/mol. The van der Waals surface area contributed by atoms with Crippen LogP contribution in [0, 0.1) is 89.8 Å². The van der Waals surface area contributed by atoms with Gasteiger partial charge in [0.1, 0.15) is 0 Å². The summed E-state index contributed by atoms with van der Waals surface area (Å²) in [4.78, 5) is 12.0. The number of ether oxygens (including phenoxy) is 1. The molecule has 3 nitrogen and oxygen atoms in total. The summed E-state index contributed by atoms with van der Waals surface area (Å²) in [5, 5.41) is 10.4. The molecule has 1 N–H and O–H groups in total. The predicted octanol–water partition coefficient (Wildman–Crippen LogP) is 11.9. The number of esters is 1. The van der Waals surface area contributed by atoms with Gasteiger partial charge in [-0.1, -0.05) is 86.1 Å². The minimum Gasteiger partial charge on any atom is -0.465 e. The SMILES string of the molecule is C#C.C#C.C#C.C=CC.CC.CC.COC(=O)c1ccc(C2=CC[C@@]3(C)C(CC[C@@]4(C)C5CC[C@@]6(CO)CCCC6[C@H]5CCC43)C2(C)C)cc1. The summed E-state index contributed by atoms with van der Waals surface area (Å²) in [6.45, 7) is 24.0. The van der Waals surface area contributed by atoms with Crippen LogP contribution in [0.15, 0.2) is 43.0 Å². The van der Waals surface area contributed by atoms with E-state index >= 15 is 0 Å². The number of benzene rings is 1. The van der Waals surface area contributed by atoms with Crippen LogP contribution < -0.4 is 0 Å². The highest BCUT2D eigenvalue weighted by atomic mass is 16.5. The normalized spacial score (nSPS) is 33.2. The van der Waals surface area contributed by atoms with Crippen LogP contribution in [0.1, 0.15) is 142 Å². The van der Waals surface area contributed by atoms with E-state index in [2.05, 4.69) is 91.0 Å². The van der Waals surface area contributed by atoms with E-state index in [0.29, 0.717) is 28.9 Å². The number of fused-ring (bicyclic) bond motifs is 7. The Bertz CT molecular complexity index is 1250. The first-order chi connectivity index (χ1) is 24.0. The summed E-state index contributed by atoms with van der Waals surface area (Å²) in [5.41, 5.74) is 4.45. The van der Waals surface area contributed by atoms with Gasteiger partial charge in [0, 0.05) is 6.61 Å². The zero-order valence-corrected chi connectivity index (χ0v) is 33.6. The Labute approximate surface area is 309 Å². The summed E-state index contributed by atoms with van der Waals surface area (Å²) in [6.07, 6.45) is 41.4. The van der Waals surface area contributed by atoms with Crippen molar-refractivity contribution in [1.29, 1.82) is 0 Å². The highest BCUT2D eigenvalue weighted by Gasteiger charge is 2.65. The lowest BCUT2D eigenvalue weighted by Gasteiger charge is -2.68. The monoisotopic (exact) mass is 685 g/mol. The van der Waals surface area contributed by atoms with E-state index in [-0.39, 0.29) is 16.8 Å². The zero-order chi connectivity index (χ0) is 38.9. The van der Waals surface area contributed by atoms with Crippen molar-refractivity contribution >= 4 is 11.5 Å². The average Bonchev–Trinajstić information content (AvgIpc) is 3.61. The van der Waals surface area contributed by atoms with Crippen LogP contribution in [0.4, 0.5) is 0 Å². The number of hydrogen-bond acceptors (Lipinski definition) is 3. The molecule has 50 heavy (non-hydrogen) atoms. The maximum absolute atomic E-state index is 12.0. The van der Waals surface area contributed by atoms with Gasteiger partial charge in [-0.15, -0.1) is 45.1 Å². The van der Waals surface area contributed by atoms with Gasteiger partial charge in [-0.05, 0) is 139 Å².